The molecule has 0 amide bonds. The monoisotopic (exact) mass is 235 g/mol. The number of nitrogens with two attached hydrogens (primary N) is 1. The molecule has 0 aliphatic rings. The van der Waals surface area contributed by atoms with E-state index < -0.39 is 0 Å². The first-order chi connectivity index (χ1) is 7.81. The topological polar surface area (TPSA) is 69.6 Å². The van der Waals surface area contributed by atoms with Gasteiger partial charge in [-0.25, -0.2) is 9.67 Å². The Morgan fingerprint density at radius 2 is 2.44 bits per heavy atom. The number of thioether (sulfide) groups is 1. The number of aromatic nitrogens is 4. The predicted octanol–water partition coefficient (Wildman–Crippen LogP) is 1.00. The minimum Gasteiger partial charge on any atom is -0.329 e. The lowest BCUT2D eigenvalue weighted by Crippen LogP contribution is -2.10. The standard InChI is InChI=1S/C10H13N5S/c1-15-10(13-7-14-15)16-9(5-11)8-3-2-4-12-6-8/h2-4,6-7,9H,5,11H2,1H3. The van der Waals surface area contributed by atoms with Crippen molar-refractivity contribution in [3.05, 3.63) is 36.4 Å². The van der Waals surface area contributed by atoms with Crippen molar-refractivity contribution in [3.63, 3.8) is 0 Å². The van der Waals surface area contributed by atoms with Gasteiger partial charge in [0.05, 0.1) is 5.25 Å². The second-order valence-corrected chi connectivity index (χ2v) is 4.46. The van der Waals surface area contributed by atoms with Crippen molar-refractivity contribution in [1.29, 1.82) is 0 Å². The van der Waals surface area contributed by atoms with Gasteiger partial charge >= 0.3 is 0 Å². The lowest BCUT2D eigenvalue weighted by Gasteiger charge is -2.12. The Morgan fingerprint density at radius 1 is 1.56 bits per heavy atom. The van der Waals surface area contributed by atoms with Crippen LogP contribution in [0.2, 0.25) is 0 Å². The van der Waals surface area contributed by atoms with E-state index in [4.69, 9.17) is 5.73 Å². The third-order valence-corrected chi connectivity index (χ3v) is 3.52. The maximum Gasteiger partial charge on any atom is 0.186 e. The van der Waals surface area contributed by atoms with Crippen molar-refractivity contribution in [2.45, 2.75) is 10.4 Å². The van der Waals surface area contributed by atoms with Crippen molar-refractivity contribution in [3.8, 4) is 0 Å². The van der Waals surface area contributed by atoms with Crippen molar-refractivity contribution in [1.82, 2.24) is 19.7 Å². The fourth-order valence-electron chi connectivity index (χ4n) is 1.34. The minimum absolute atomic E-state index is 0.164. The number of aryl methyl sites for hydroxylation is 1. The zero-order chi connectivity index (χ0) is 11.4. The van der Waals surface area contributed by atoms with Gasteiger partial charge in [-0.2, -0.15) is 5.10 Å². The predicted molar refractivity (Wildman–Crippen MR) is 62.9 cm³/mol. The molecule has 1 atom stereocenters. The molecule has 5 nitrogen and oxygen atoms in total. The maximum atomic E-state index is 5.77. The van der Waals surface area contributed by atoms with Gasteiger partial charge < -0.3 is 5.73 Å². The second-order valence-electron chi connectivity index (χ2n) is 3.29. The van der Waals surface area contributed by atoms with Crippen molar-refractivity contribution in [2.75, 3.05) is 6.54 Å². The molecule has 6 heteroatoms. The Morgan fingerprint density at radius 3 is 3.00 bits per heavy atom. The smallest absolute Gasteiger partial charge is 0.186 e. The Labute approximate surface area is 98.1 Å². The van der Waals surface area contributed by atoms with Crippen LogP contribution in [-0.4, -0.2) is 26.3 Å². The molecule has 0 saturated carbocycles. The first-order valence-corrected chi connectivity index (χ1v) is 5.80. The molecular weight excluding hydrogens is 222 g/mol. The van der Waals surface area contributed by atoms with Crippen LogP contribution in [-0.2, 0) is 7.05 Å². The highest BCUT2D eigenvalue weighted by molar-refractivity contribution is 7.99. The van der Waals surface area contributed by atoms with Crippen molar-refractivity contribution < 1.29 is 0 Å². The average Bonchev–Trinajstić information content (AvgIpc) is 2.73. The Hall–Kier alpha value is -1.40. The molecule has 0 bridgehead atoms. The van der Waals surface area contributed by atoms with Crippen molar-refractivity contribution in [2.24, 2.45) is 12.8 Å². The van der Waals surface area contributed by atoms with Gasteiger partial charge in [0.15, 0.2) is 5.16 Å². The minimum atomic E-state index is 0.164. The summed E-state index contributed by atoms with van der Waals surface area (Å²) in [5.41, 5.74) is 6.87. The molecule has 0 fully saturated rings. The fourth-order valence-corrected chi connectivity index (χ4v) is 2.27. The van der Waals surface area contributed by atoms with E-state index in [0.717, 1.165) is 10.7 Å². The highest BCUT2D eigenvalue weighted by Gasteiger charge is 2.14. The second kappa shape index (κ2) is 5.09. The molecule has 0 spiro atoms. The Balaban J connectivity index is 2.16. The van der Waals surface area contributed by atoms with E-state index in [1.165, 1.54) is 0 Å². The number of rotatable bonds is 4. The zero-order valence-electron chi connectivity index (χ0n) is 8.95. The summed E-state index contributed by atoms with van der Waals surface area (Å²) in [4.78, 5) is 8.26. The van der Waals surface area contributed by atoms with Gasteiger partial charge in [-0.15, -0.1) is 0 Å². The summed E-state index contributed by atoms with van der Waals surface area (Å²) >= 11 is 1.60. The van der Waals surface area contributed by atoms with E-state index in [1.54, 1.807) is 29.0 Å². The molecule has 16 heavy (non-hydrogen) atoms. The first-order valence-electron chi connectivity index (χ1n) is 4.92. The average molecular weight is 235 g/mol. The molecule has 84 valence electrons. The van der Waals surface area contributed by atoms with Gasteiger partial charge in [0.1, 0.15) is 6.33 Å². The lowest BCUT2D eigenvalue weighted by molar-refractivity contribution is 0.682. The van der Waals surface area contributed by atoms with E-state index in [0.29, 0.717) is 6.54 Å². The summed E-state index contributed by atoms with van der Waals surface area (Å²) in [5.74, 6) is 0. The molecule has 0 radical (unpaired) electrons. The molecule has 0 aliphatic heterocycles. The van der Waals surface area contributed by atoms with Gasteiger partial charge in [0, 0.05) is 26.0 Å². The van der Waals surface area contributed by atoms with Gasteiger partial charge in [-0.05, 0) is 11.6 Å². The van der Waals surface area contributed by atoms with Crippen molar-refractivity contribution >= 4 is 11.8 Å². The van der Waals surface area contributed by atoms with Gasteiger partial charge in [-0.1, -0.05) is 17.8 Å². The maximum absolute atomic E-state index is 5.77. The van der Waals surface area contributed by atoms with E-state index in [2.05, 4.69) is 15.1 Å². The highest BCUT2D eigenvalue weighted by atomic mass is 32.2. The van der Waals surface area contributed by atoms with Crippen LogP contribution in [0, 0.1) is 0 Å². The summed E-state index contributed by atoms with van der Waals surface area (Å²) in [7, 11) is 1.87. The molecule has 1 unspecified atom stereocenters. The summed E-state index contributed by atoms with van der Waals surface area (Å²) in [6, 6.07) is 3.93. The summed E-state index contributed by atoms with van der Waals surface area (Å²) < 4.78 is 1.74. The number of nitrogens with zero attached hydrogens (tertiary/aromatic N) is 4. The van der Waals surface area contributed by atoms with Crippen LogP contribution in [0.15, 0.2) is 36.0 Å². The molecule has 2 N–H and O–H groups in total. The SMILES string of the molecule is Cn1ncnc1SC(CN)c1cccnc1. The van der Waals surface area contributed by atoms with Gasteiger partial charge in [0.25, 0.3) is 0 Å². The number of hydrogen-bond donors (Lipinski definition) is 1. The van der Waals surface area contributed by atoms with E-state index in [-0.39, 0.29) is 5.25 Å². The zero-order valence-corrected chi connectivity index (χ0v) is 9.76. The third kappa shape index (κ3) is 2.40. The quantitative estimate of drug-likeness (QED) is 0.801. The van der Waals surface area contributed by atoms with Crippen LogP contribution >= 0.6 is 11.8 Å². The van der Waals surface area contributed by atoms with E-state index >= 15 is 0 Å². The van der Waals surface area contributed by atoms with Crippen LogP contribution in [0.5, 0.6) is 0 Å². The van der Waals surface area contributed by atoms with E-state index in [9.17, 15) is 0 Å². The Bertz CT molecular complexity index is 441. The first kappa shape index (κ1) is 11.1. The van der Waals surface area contributed by atoms with Crippen LogP contribution in [0.3, 0.4) is 0 Å². The van der Waals surface area contributed by atoms with Gasteiger partial charge in [-0.3, -0.25) is 4.98 Å². The molecule has 2 aromatic heterocycles. The lowest BCUT2D eigenvalue weighted by atomic mass is 10.2. The van der Waals surface area contributed by atoms with Crippen LogP contribution in [0.4, 0.5) is 0 Å². The Kier molecular flexibility index (Phi) is 3.53. The molecule has 0 aromatic carbocycles. The van der Waals surface area contributed by atoms with Crippen LogP contribution in [0.1, 0.15) is 10.8 Å². The van der Waals surface area contributed by atoms with E-state index in [1.807, 2.05) is 25.4 Å². The van der Waals surface area contributed by atoms with Crippen LogP contribution in [0.25, 0.3) is 0 Å². The molecule has 0 saturated heterocycles. The summed E-state index contributed by atoms with van der Waals surface area (Å²) in [5, 5.41) is 5.05. The summed E-state index contributed by atoms with van der Waals surface area (Å²) in [6.07, 6.45) is 5.13. The normalized spacial score (nSPS) is 12.6. The number of pyridine rings is 1. The van der Waals surface area contributed by atoms with Crippen LogP contribution < -0.4 is 5.73 Å². The molecule has 2 heterocycles. The number of hydrogen-bond acceptors (Lipinski definition) is 5. The highest BCUT2D eigenvalue weighted by Crippen LogP contribution is 2.32. The summed E-state index contributed by atoms with van der Waals surface area (Å²) in [6.45, 7) is 0.545. The molecular formula is C10H13N5S. The molecule has 0 aliphatic carbocycles. The molecule has 2 aromatic rings. The molecule has 2 rings (SSSR count). The third-order valence-electron chi connectivity index (χ3n) is 2.19. The fraction of sp³-hybridized carbons (Fsp3) is 0.300. The largest absolute Gasteiger partial charge is 0.329 e. The van der Waals surface area contributed by atoms with Gasteiger partial charge in [0.2, 0.25) is 0 Å².